The van der Waals surface area contributed by atoms with Gasteiger partial charge in [-0.05, 0) is 23.6 Å². The van der Waals surface area contributed by atoms with Crippen molar-refractivity contribution in [3.05, 3.63) is 117 Å². The molecule has 4 aromatic rings. The average Bonchev–Trinajstić information content (AvgIpc) is 3.43. The zero-order valence-corrected chi connectivity index (χ0v) is 22.2. The molecule has 0 aliphatic heterocycles. The number of aryl methyl sites for hydroxylation is 1. The van der Waals surface area contributed by atoms with Crippen molar-refractivity contribution in [3.8, 4) is 22.4 Å². The molecule has 0 bridgehead atoms. The third kappa shape index (κ3) is 5.98. The molecular weight excluding hydrogens is 512 g/mol. The number of esters is 1. The summed E-state index contributed by atoms with van der Waals surface area (Å²) < 4.78 is 9.48. The summed E-state index contributed by atoms with van der Waals surface area (Å²) in [6, 6.07) is 15.4. The van der Waals surface area contributed by atoms with E-state index in [1.165, 1.54) is 12.2 Å². The molecule has 0 N–H and O–H groups in total. The number of carbonyl (C=O) groups excluding carboxylic acids is 1. The lowest BCUT2D eigenvalue weighted by molar-refractivity contribution is -0.142. The normalized spacial score (nSPS) is 10.8. The van der Waals surface area contributed by atoms with Crippen LogP contribution in [0.4, 0.5) is 0 Å². The Morgan fingerprint density at radius 1 is 0.850 bits per heavy atom. The highest BCUT2D eigenvalue weighted by Gasteiger charge is 2.15. The maximum atomic E-state index is 12.9. The molecule has 0 aliphatic carbocycles. The van der Waals surface area contributed by atoms with Crippen LogP contribution in [0.2, 0.25) is 0 Å². The zero-order valence-electron chi connectivity index (χ0n) is 22.2. The second kappa shape index (κ2) is 12.7. The summed E-state index contributed by atoms with van der Waals surface area (Å²) >= 11 is 0. The Balaban J connectivity index is 1.58. The van der Waals surface area contributed by atoms with Crippen LogP contribution in [0.25, 0.3) is 22.4 Å². The van der Waals surface area contributed by atoms with Crippen LogP contribution in [-0.4, -0.2) is 41.3 Å². The number of nitrogens with zero attached hydrogens (tertiary/aromatic N) is 6. The Bertz CT molecular complexity index is 1660. The molecule has 2 aromatic heterocycles. The number of benzene rings is 2. The number of carbonyl (C=O) groups is 1. The van der Waals surface area contributed by atoms with Crippen LogP contribution >= 0.6 is 0 Å². The van der Waals surface area contributed by atoms with E-state index in [4.69, 9.17) is 4.74 Å². The molecule has 0 radical (unpaired) electrons. The first-order chi connectivity index (χ1) is 19.4. The van der Waals surface area contributed by atoms with Gasteiger partial charge in [0.05, 0.1) is 45.4 Å². The second-order valence-corrected chi connectivity index (χ2v) is 8.89. The Labute approximate surface area is 229 Å². The van der Waals surface area contributed by atoms with Gasteiger partial charge in [-0.25, -0.2) is 28.1 Å². The van der Waals surface area contributed by atoms with Gasteiger partial charge in [-0.15, -0.1) is 18.3 Å². The molecule has 40 heavy (non-hydrogen) atoms. The summed E-state index contributed by atoms with van der Waals surface area (Å²) in [5, 5.41) is 8.51. The van der Waals surface area contributed by atoms with E-state index in [0.717, 1.165) is 36.0 Å². The third-order valence-electron chi connectivity index (χ3n) is 6.22. The molecule has 0 amide bonds. The van der Waals surface area contributed by atoms with Gasteiger partial charge in [-0.2, -0.15) is 0 Å². The van der Waals surface area contributed by atoms with Crippen molar-refractivity contribution in [3.63, 3.8) is 0 Å². The molecule has 206 valence electrons. The smallest absolute Gasteiger partial charge is 0.336 e. The van der Waals surface area contributed by atoms with Crippen molar-refractivity contribution in [1.82, 2.24) is 28.7 Å². The monoisotopic (exact) mass is 542 g/mol. The minimum atomic E-state index is -0.715. The van der Waals surface area contributed by atoms with E-state index in [0.29, 0.717) is 12.3 Å². The molecule has 11 heteroatoms. The molecule has 2 aromatic carbocycles. The van der Waals surface area contributed by atoms with Crippen molar-refractivity contribution in [2.75, 3.05) is 6.61 Å². The van der Waals surface area contributed by atoms with Gasteiger partial charge in [0.1, 0.15) is 5.69 Å². The summed E-state index contributed by atoms with van der Waals surface area (Å²) in [7, 11) is 0. The molecule has 11 nitrogen and oxygen atoms in total. The number of ether oxygens (including phenoxy) is 1. The standard InChI is InChI=1S/C29H30N6O5/c1-4-15-33-27(37)34(16-5-2)29(39)35(28(33)38)18-17-32-20-25(30-31-32)24-10-8-7-9-23(24)22-13-11-21(12-14-22)19-26(36)40-6-3/h4-5,7-14,20H,1-2,6,15-19H2,3H3. The van der Waals surface area contributed by atoms with Crippen LogP contribution < -0.4 is 17.1 Å². The first kappa shape index (κ1) is 28.0. The summed E-state index contributed by atoms with van der Waals surface area (Å²) in [6.07, 6.45) is 4.79. The van der Waals surface area contributed by atoms with Crippen LogP contribution in [0.5, 0.6) is 0 Å². The molecule has 2 heterocycles. The molecule has 0 saturated heterocycles. The third-order valence-corrected chi connectivity index (χ3v) is 6.22. The molecule has 0 unspecified atom stereocenters. The first-order valence-corrected chi connectivity index (χ1v) is 12.8. The van der Waals surface area contributed by atoms with Crippen LogP contribution in [0.15, 0.2) is 94.4 Å². The molecule has 0 atom stereocenters. The van der Waals surface area contributed by atoms with Crippen molar-refractivity contribution in [1.29, 1.82) is 0 Å². The lowest BCUT2D eigenvalue weighted by Gasteiger charge is -2.12. The number of rotatable bonds is 12. The number of allylic oxidation sites excluding steroid dienone is 2. The van der Waals surface area contributed by atoms with Crippen LogP contribution in [-0.2, 0) is 42.1 Å². The summed E-state index contributed by atoms with van der Waals surface area (Å²) in [4.78, 5) is 50.2. The van der Waals surface area contributed by atoms with Gasteiger partial charge >= 0.3 is 23.0 Å². The number of hydrogen-bond donors (Lipinski definition) is 0. The average molecular weight is 543 g/mol. The highest BCUT2D eigenvalue weighted by molar-refractivity contribution is 5.82. The molecule has 0 saturated carbocycles. The number of hydrogen-bond acceptors (Lipinski definition) is 7. The van der Waals surface area contributed by atoms with E-state index in [1.54, 1.807) is 17.8 Å². The first-order valence-electron chi connectivity index (χ1n) is 12.8. The second-order valence-electron chi connectivity index (χ2n) is 8.89. The van der Waals surface area contributed by atoms with Gasteiger partial charge in [-0.1, -0.05) is 65.9 Å². The highest BCUT2D eigenvalue weighted by atomic mass is 16.5. The fourth-order valence-electron chi connectivity index (χ4n) is 4.32. The summed E-state index contributed by atoms with van der Waals surface area (Å²) in [6.45, 7) is 9.40. The number of aromatic nitrogens is 6. The van der Waals surface area contributed by atoms with E-state index in [2.05, 4.69) is 23.5 Å². The Hall–Kier alpha value is -5.06. The van der Waals surface area contributed by atoms with Crippen molar-refractivity contribution < 1.29 is 9.53 Å². The lowest BCUT2D eigenvalue weighted by Crippen LogP contribution is -2.54. The predicted octanol–water partition coefficient (Wildman–Crippen LogP) is 2.28. The Morgan fingerprint density at radius 3 is 2.05 bits per heavy atom. The maximum absolute atomic E-state index is 12.9. The quantitative estimate of drug-likeness (QED) is 0.199. The highest BCUT2D eigenvalue weighted by Crippen LogP contribution is 2.31. The van der Waals surface area contributed by atoms with Gasteiger partial charge in [0.15, 0.2) is 0 Å². The lowest BCUT2D eigenvalue weighted by atomic mass is 9.97. The fraction of sp³-hybridized carbons (Fsp3) is 0.241. The SMILES string of the molecule is C=CCn1c(=O)n(CC=C)c(=O)n(CCn2cc(-c3ccccc3-c3ccc(CC(=O)OCC)cc3)nn2)c1=O. The van der Waals surface area contributed by atoms with Crippen molar-refractivity contribution >= 4 is 5.97 Å². The molecule has 4 rings (SSSR count). The zero-order chi connectivity index (χ0) is 28.6. The van der Waals surface area contributed by atoms with E-state index in [1.807, 2.05) is 48.5 Å². The minimum absolute atomic E-state index is 0.0153. The van der Waals surface area contributed by atoms with Crippen molar-refractivity contribution in [2.24, 2.45) is 0 Å². The van der Waals surface area contributed by atoms with E-state index in [9.17, 15) is 19.2 Å². The minimum Gasteiger partial charge on any atom is -0.466 e. The Morgan fingerprint density at radius 2 is 1.45 bits per heavy atom. The van der Waals surface area contributed by atoms with Crippen LogP contribution in [0, 0.1) is 0 Å². The van der Waals surface area contributed by atoms with Gasteiger partial charge in [0.25, 0.3) is 0 Å². The molecular formula is C29H30N6O5. The van der Waals surface area contributed by atoms with E-state index in [-0.39, 0.29) is 38.6 Å². The maximum Gasteiger partial charge on any atom is 0.336 e. The van der Waals surface area contributed by atoms with Gasteiger partial charge in [-0.3, -0.25) is 9.48 Å². The molecule has 0 fully saturated rings. The molecule has 0 aliphatic rings. The van der Waals surface area contributed by atoms with Gasteiger partial charge in [0.2, 0.25) is 0 Å². The largest absolute Gasteiger partial charge is 0.466 e. The predicted molar refractivity (Wildman–Crippen MR) is 151 cm³/mol. The van der Waals surface area contributed by atoms with E-state index >= 15 is 0 Å². The van der Waals surface area contributed by atoms with Crippen LogP contribution in [0.1, 0.15) is 12.5 Å². The van der Waals surface area contributed by atoms with Gasteiger partial charge in [0, 0.05) is 5.56 Å². The molecule has 0 spiro atoms. The van der Waals surface area contributed by atoms with E-state index < -0.39 is 17.1 Å². The van der Waals surface area contributed by atoms with Gasteiger partial charge < -0.3 is 4.74 Å². The van der Waals surface area contributed by atoms with Crippen molar-refractivity contribution in [2.45, 2.75) is 39.5 Å². The van der Waals surface area contributed by atoms with Crippen LogP contribution in [0.3, 0.4) is 0 Å². The summed E-state index contributed by atoms with van der Waals surface area (Å²) in [5.41, 5.74) is 2.04. The Kier molecular flexibility index (Phi) is 8.85. The summed E-state index contributed by atoms with van der Waals surface area (Å²) in [5.74, 6) is -0.270. The fourth-order valence-corrected chi connectivity index (χ4v) is 4.32. The topological polar surface area (TPSA) is 123 Å².